The zero-order chi connectivity index (χ0) is 12.8. The van der Waals surface area contributed by atoms with Crippen LogP contribution < -0.4 is 5.32 Å². The topological polar surface area (TPSA) is 102 Å². The molecular formula is C9H9ClN2O5. The lowest BCUT2D eigenvalue weighted by Crippen LogP contribution is -2.16. The molecule has 0 unspecified atom stereocenters. The second-order valence-electron chi connectivity index (χ2n) is 2.90. The standard InChI is InChI=1S/C9H9ClN2O5/c10-6-1-2-7(8(5-6)12(15)16)11-9(14)17-4-3-13/h1-2,5,13H,3-4H2,(H,11,14). The van der Waals surface area contributed by atoms with E-state index in [0.29, 0.717) is 0 Å². The summed E-state index contributed by atoms with van der Waals surface area (Å²) in [7, 11) is 0. The van der Waals surface area contributed by atoms with Crippen LogP contribution in [0.4, 0.5) is 16.2 Å². The number of aliphatic hydroxyl groups is 1. The van der Waals surface area contributed by atoms with Crippen LogP contribution in [0.3, 0.4) is 0 Å². The van der Waals surface area contributed by atoms with Crippen LogP contribution in [0.15, 0.2) is 18.2 Å². The van der Waals surface area contributed by atoms with Crippen molar-refractivity contribution in [2.45, 2.75) is 0 Å². The van der Waals surface area contributed by atoms with Crippen molar-refractivity contribution in [3.63, 3.8) is 0 Å². The number of hydrogen-bond donors (Lipinski definition) is 2. The fraction of sp³-hybridized carbons (Fsp3) is 0.222. The monoisotopic (exact) mass is 260 g/mol. The Hall–Kier alpha value is -1.86. The number of ether oxygens (including phenoxy) is 1. The summed E-state index contributed by atoms with van der Waals surface area (Å²) in [6, 6.07) is 3.81. The summed E-state index contributed by atoms with van der Waals surface area (Å²) >= 11 is 5.60. The Kier molecular flexibility index (Phi) is 4.68. The van der Waals surface area contributed by atoms with E-state index in [-0.39, 0.29) is 29.6 Å². The van der Waals surface area contributed by atoms with E-state index in [2.05, 4.69) is 10.1 Å². The number of carbonyl (C=O) groups excluding carboxylic acids is 1. The summed E-state index contributed by atoms with van der Waals surface area (Å²) in [5, 5.41) is 21.5. The summed E-state index contributed by atoms with van der Waals surface area (Å²) < 4.78 is 4.50. The highest BCUT2D eigenvalue weighted by molar-refractivity contribution is 6.31. The number of anilines is 1. The minimum absolute atomic E-state index is 0.0256. The quantitative estimate of drug-likeness (QED) is 0.635. The zero-order valence-electron chi connectivity index (χ0n) is 8.55. The Balaban J connectivity index is 2.83. The fourth-order valence-electron chi connectivity index (χ4n) is 1.05. The molecule has 1 rings (SSSR count). The third-order valence-corrected chi connectivity index (χ3v) is 1.95. The van der Waals surface area contributed by atoms with E-state index in [4.69, 9.17) is 16.7 Å². The molecule has 0 atom stereocenters. The van der Waals surface area contributed by atoms with Crippen LogP contribution in [0, 0.1) is 10.1 Å². The van der Waals surface area contributed by atoms with Crippen LogP contribution >= 0.6 is 11.6 Å². The molecule has 0 aliphatic carbocycles. The van der Waals surface area contributed by atoms with Gasteiger partial charge >= 0.3 is 6.09 Å². The highest BCUT2D eigenvalue weighted by Crippen LogP contribution is 2.27. The number of nitrogens with zero attached hydrogens (tertiary/aromatic N) is 1. The lowest BCUT2D eigenvalue weighted by atomic mass is 10.3. The first-order valence-corrected chi connectivity index (χ1v) is 4.91. The lowest BCUT2D eigenvalue weighted by molar-refractivity contribution is -0.383. The molecule has 1 aromatic carbocycles. The van der Waals surface area contributed by atoms with E-state index in [0.717, 1.165) is 6.07 Å². The van der Waals surface area contributed by atoms with Gasteiger partial charge in [-0.1, -0.05) is 11.6 Å². The Morgan fingerprint density at radius 3 is 2.88 bits per heavy atom. The van der Waals surface area contributed by atoms with E-state index in [1.54, 1.807) is 0 Å². The summed E-state index contributed by atoms with van der Waals surface area (Å²) in [6.07, 6.45) is -0.885. The Bertz CT molecular complexity index is 437. The molecule has 0 aliphatic rings. The molecule has 0 saturated carbocycles. The van der Waals surface area contributed by atoms with Gasteiger partial charge in [0.1, 0.15) is 12.3 Å². The smallest absolute Gasteiger partial charge is 0.411 e. The summed E-state index contributed by atoms with van der Waals surface area (Å²) in [5.41, 5.74) is -0.360. The van der Waals surface area contributed by atoms with Crippen LogP contribution in [0.1, 0.15) is 0 Å². The van der Waals surface area contributed by atoms with Gasteiger partial charge in [0.15, 0.2) is 0 Å². The molecule has 92 valence electrons. The number of benzene rings is 1. The van der Waals surface area contributed by atoms with Gasteiger partial charge in [0.2, 0.25) is 0 Å². The number of nitrogens with one attached hydrogen (secondary N) is 1. The number of amides is 1. The highest BCUT2D eigenvalue weighted by Gasteiger charge is 2.16. The number of nitro benzene ring substituents is 1. The summed E-state index contributed by atoms with van der Waals surface area (Å²) in [4.78, 5) is 21.1. The first kappa shape index (κ1) is 13.2. The molecule has 1 amide bonds. The molecule has 0 radical (unpaired) electrons. The van der Waals surface area contributed by atoms with Crippen molar-refractivity contribution < 1.29 is 19.6 Å². The second-order valence-corrected chi connectivity index (χ2v) is 3.34. The van der Waals surface area contributed by atoms with Gasteiger partial charge in [0, 0.05) is 11.1 Å². The molecule has 17 heavy (non-hydrogen) atoms. The van der Waals surface area contributed by atoms with Crippen molar-refractivity contribution in [2.24, 2.45) is 0 Å². The van der Waals surface area contributed by atoms with Gasteiger partial charge in [-0.05, 0) is 12.1 Å². The number of carbonyl (C=O) groups is 1. The van der Waals surface area contributed by atoms with Gasteiger partial charge in [-0.2, -0.15) is 0 Å². The second kappa shape index (κ2) is 6.02. The molecule has 1 aromatic rings. The third kappa shape index (κ3) is 3.89. The number of hydrogen-bond acceptors (Lipinski definition) is 5. The van der Waals surface area contributed by atoms with Crippen molar-refractivity contribution in [1.82, 2.24) is 0 Å². The van der Waals surface area contributed by atoms with Crippen LogP contribution in [-0.4, -0.2) is 29.3 Å². The van der Waals surface area contributed by atoms with E-state index in [1.165, 1.54) is 12.1 Å². The third-order valence-electron chi connectivity index (χ3n) is 1.72. The Morgan fingerprint density at radius 2 is 2.29 bits per heavy atom. The Labute approximate surface area is 101 Å². The van der Waals surface area contributed by atoms with E-state index >= 15 is 0 Å². The van der Waals surface area contributed by atoms with Gasteiger partial charge in [-0.25, -0.2) is 4.79 Å². The van der Waals surface area contributed by atoms with Gasteiger partial charge in [0.05, 0.1) is 11.5 Å². The Morgan fingerprint density at radius 1 is 1.59 bits per heavy atom. The first-order valence-electron chi connectivity index (χ1n) is 4.53. The molecule has 0 bridgehead atoms. The minimum Gasteiger partial charge on any atom is -0.447 e. The van der Waals surface area contributed by atoms with Crippen LogP contribution in [0.5, 0.6) is 0 Å². The fourth-order valence-corrected chi connectivity index (χ4v) is 1.21. The van der Waals surface area contributed by atoms with Crippen molar-refractivity contribution in [3.05, 3.63) is 33.3 Å². The molecule has 8 heteroatoms. The largest absolute Gasteiger partial charge is 0.447 e. The van der Waals surface area contributed by atoms with Gasteiger partial charge in [0.25, 0.3) is 5.69 Å². The molecule has 0 spiro atoms. The van der Waals surface area contributed by atoms with Gasteiger partial charge in [-0.15, -0.1) is 0 Å². The molecule has 0 heterocycles. The molecule has 7 nitrogen and oxygen atoms in total. The van der Waals surface area contributed by atoms with Crippen LogP contribution in [0.25, 0.3) is 0 Å². The highest BCUT2D eigenvalue weighted by atomic mass is 35.5. The van der Waals surface area contributed by atoms with E-state index < -0.39 is 11.0 Å². The van der Waals surface area contributed by atoms with Crippen molar-refractivity contribution in [2.75, 3.05) is 18.5 Å². The molecule has 0 aliphatic heterocycles. The average Bonchev–Trinajstić information content (AvgIpc) is 2.28. The molecule has 0 aromatic heterocycles. The number of halogens is 1. The van der Waals surface area contributed by atoms with Gasteiger partial charge < -0.3 is 9.84 Å². The number of nitro groups is 1. The van der Waals surface area contributed by atoms with E-state index in [9.17, 15) is 14.9 Å². The lowest BCUT2D eigenvalue weighted by Gasteiger charge is -2.06. The zero-order valence-corrected chi connectivity index (χ0v) is 9.31. The summed E-state index contributed by atoms with van der Waals surface area (Å²) in [6.45, 7) is -0.511. The molecular weight excluding hydrogens is 252 g/mol. The van der Waals surface area contributed by atoms with Crippen molar-refractivity contribution in [3.8, 4) is 0 Å². The number of rotatable bonds is 4. The SMILES string of the molecule is O=C(Nc1ccc(Cl)cc1[N+](=O)[O-])OCCO. The van der Waals surface area contributed by atoms with Crippen LogP contribution in [0.2, 0.25) is 5.02 Å². The summed E-state index contributed by atoms with van der Waals surface area (Å²) in [5.74, 6) is 0. The average molecular weight is 261 g/mol. The predicted octanol–water partition coefficient (Wildman–Crippen LogP) is 1.79. The van der Waals surface area contributed by atoms with Crippen molar-refractivity contribution in [1.29, 1.82) is 0 Å². The van der Waals surface area contributed by atoms with Crippen molar-refractivity contribution >= 4 is 29.1 Å². The first-order chi connectivity index (χ1) is 8.04. The predicted molar refractivity (Wildman–Crippen MR) is 60.2 cm³/mol. The number of aliphatic hydroxyl groups excluding tert-OH is 1. The van der Waals surface area contributed by atoms with E-state index in [1.807, 2.05) is 0 Å². The molecule has 0 fully saturated rings. The minimum atomic E-state index is -0.885. The molecule has 0 saturated heterocycles. The van der Waals surface area contributed by atoms with Gasteiger partial charge in [-0.3, -0.25) is 15.4 Å². The normalized spacial score (nSPS) is 9.76. The molecule has 2 N–H and O–H groups in total. The maximum atomic E-state index is 11.1. The maximum absolute atomic E-state index is 11.1. The maximum Gasteiger partial charge on any atom is 0.411 e. The van der Waals surface area contributed by atoms with Crippen LogP contribution in [-0.2, 0) is 4.74 Å².